The van der Waals surface area contributed by atoms with E-state index in [1.165, 1.54) is 18.4 Å². The normalized spacial score (nSPS) is 19.2. The lowest BCUT2D eigenvalue weighted by Crippen LogP contribution is -2.30. The first kappa shape index (κ1) is 15.3. The molecule has 1 aromatic carbocycles. The predicted molar refractivity (Wildman–Crippen MR) is 82.5 cm³/mol. The van der Waals surface area contributed by atoms with Gasteiger partial charge in [-0.15, -0.1) is 0 Å². The Bertz CT molecular complexity index is 406. The number of nitrogens with one attached hydrogen (secondary N) is 1. The molecule has 1 atom stereocenters. The standard InChI is InChI=1S/C17H27NO2/c1-17(2,3)15-8-4-5-9-16(15)20-12-10-18-13-14-7-6-11-19-14/h4-5,8-9,14,18H,6-7,10-13H2,1-3H3. The summed E-state index contributed by atoms with van der Waals surface area (Å²) in [6.45, 7) is 10.0. The molecule has 1 unspecified atom stereocenters. The molecular weight excluding hydrogens is 250 g/mol. The molecule has 1 aromatic rings. The van der Waals surface area contributed by atoms with E-state index in [0.717, 1.165) is 25.4 Å². The third-order valence-corrected chi connectivity index (χ3v) is 3.63. The lowest BCUT2D eigenvalue weighted by atomic mass is 9.86. The zero-order valence-electron chi connectivity index (χ0n) is 12.9. The van der Waals surface area contributed by atoms with Gasteiger partial charge < -0.3 is 14.8 Å². The Balaban J connectivity index is 1.73. The Hall–Kier alpha value is -1.06. The first-order valence-corrected chi connectivity index (χ1v) is 7.62. The lowest BCUT2D eigenvalue weighted by Gasteiger charge is -2.22. The molecule has 0 aliphatic carbocycles. The minimum Gasteiger partial charge on any atom is -0.492 e. The van der Waals surface area contributed by atoms with Gasteiger partial charge in [0.15, 0.2) is 0 Å². The average Bonchev–Trinajstić information content (AvgIpc) is 2.91. The minimum atomic E-state index is 0.113. The Morgan fingerprint density at radius 1 is 1.30 bits per heavy atom. The van der Waals surface area contributed by atoms with Gasteiger partial charge in [-0.3, -0.25) is 0 Å². The van der Waals surface area contributed by atoms with Crippen LogP contribution in [0.25, 0.3) is 0 Å². The number of benzene rings is 1. The molecular formula is C17H27NO2. The molecule has 20 heavy (non-hydrogen) atoms. The Morgan fingerprint density at radius 2 is 2.10 bits per heavy atom. The van der Waals surface area contributed by atoms with E-state index in [1.54, 1.807) is 0 Å². The van der Waals surface area contributed by atoms with E-state index in [-0.39, 0.29) is 5.41 Å². The van der Waals surface area contributed by atoms with Crippen LogP contribution in [0.3, 0.4) is 0 Å². The van der Waals surface area contributed by atoms with E-state index < -0.39 is 0 Å². The Morgan fingerprint density at radius 3 is 2.80 bits per heavy atom. The molecule has 112 valence electrons. The minimum absolute atomic E-state index is 0.113. The number of hydrogen-bond acceptors (Lipinski definition) is 3. The topological polar surface area (TPSA) is 30.5 Å². The van der Waals surface area contributed by atoms with Crippen molar-refractivity contribution in [3.8, 4) is 5.75 Å². The van der Waals surface area contributed by atoms with Crippen LogP contribution < -0.4 is 10.1 Å². The third kappa shape index (κ3) is 4.50. The van der Waals surface area contributed by atoms with Crippen LogP contribution in [-0.2, 0) is 10.2 Å². The second kappa shape index (κ2) is 7.09. The molecule has 3 nitrogen and oxygen atoms in total. The quantitative estimate of drug-likeness (QED) is 0.810. The van der Waals surface area contributed by atoms with Gasteiger partial charge in [0, 0.05) is 19.7 Å². The van der Waals surface area contributed by atoms with E-state index in [9.17, 15) is 0 Å². The van der Waals surface area contributed by atoms with Crippen molar-refractivity contribution in [1.82, 2.24) is 5.32 Å². The van der Waals surface area contributed by atoms with Crippen molar-refractivity contribution in [3.63, 3.8) is 0 Å². The van der Waals surface area contributed by atoms with Gasteiger partial charge in [0.05, 0.1) is 6.10 Å². The lowest BCUT2D eigenvalue weighted by molar-refractivity contribution is 0.109. The van der Waals surface area contributed by atoms with Gasteiger partial charge in [-0.1, -0.05) is 39.0 Å². The molecule has 1 saturated heterocycles. The molecule has 2 rings (SSSR count). The molecule has 1 heterocycles. The largest absolute Gasteiger partial charge is 0.492 e. The third-order valence-electron chi connectivity index (χ3n) is 3.63. The number of ether oxygens (including phenoxy) is 2. The molecule has 1 aliphatic rings. The summed E-state index contributed by atoms with van der Waals surface area (Å²) >= 11 is 0. The smallest absolute Gasteiger partial charge is 0.123 e. The summed E-state index contributed by atoms with van der Waals surface area (Å²) in [7, 11) is 0. The summed E-state index contributed by atoms with van der Waals surface area (Å²) in [6.07, 6.45) is 2.78. The molecule has 0 amide bonds. The highest BCUT2D eigenvalue weighted by atomic mass is 16.5. The van der Waals surface area contributed by atoms with Crippen molar-refractivity contribution in [3.05, 3.63) is 29.8 Å². The van der Waals surface area contributed by atoms with Gasteiger partial charge in [0.25, 0.3) is 0 Å². The molecule has 1 aliphatic heterocycles. The van der Waals surface area contributed by atoms with Crippen molar-refractivity contribution in [2.45, 2.75) is 45.1 Å². The molecule has 0 radical (unpaired) electrons. The predicted octanol–water partition coefficient (Wildman–Crippen LogP) is 3.13. The van der Waals surface area contributed by atoms with E-state index in [4.69, 9.17) is 9.47 Å². The molecule has 0 saturated carbocycles. The first-order valence-electron chi connectivity index (χ1n) is 7.62. The number of rotatable bonds is 6. The molecule has 0 bridgehead atoms. The van der Waals surface area contributed by atoms with Crippen LogP contribution >= 0.6 is 0 Å². The van der Waals surface area contributed by atoms with E-state index in [0.29, 0.717) is 12.7 Å². The van der Waals surface area contributed by atoms with Crippen molar-refractivity contribution in [1.29, 1.82) is 0 Å². The van der Waals surface area contributed by atoms with Gasteiger partial charge in [0.1, 0.15) is 12.4 Å². The summed E-state index contributed by atoms with van der Waals surface area (Å²) < 4.78 is 11.5. The van der Waals surface area contributed by atoms with Crippen molar-refractivity contribution >= 4 is 0 Å². The summed E-state index contributed by atoms with van der Waals surface area (Å²) in [5, 5.41) is 3.41. The molecule has 3 heteroatoms. The second-order valence-corrected chi connectivity index (χ2v) is 6.43. The highest BCUT2D eigenvalue weighted by Gasteiger charge is 2.18. The maximum Gasteiger partial charge on any atom is 0.123 e. The SMILES string of the molecule is CC(C)(C)c1ccccc1OCCNCC1CCCO1. The van der Waals surface area contributed by atoms with Gasteiger partial charge in [-0.25, -0.2) is 0 Å². The molecule has 0 spiro atoms. The Labute approximate surface area is 122 Å². The monoisotopic (exact) mass is 277 g/mol. The summed E-state index contributed by atoms with van der Waals surface area (Å²) in [4.78, 5) is 0. The van der Waals surface area contributed by atoms with Gasteiger partial charge in [0.2, 0.25) is 0 Å². The zero-order valence-corrected chi connectivity index (χ0v) is 12.9. The van der Waals surface area contributed by atoms with Crippen LogP contribution in [-0.4, -0.2) is 32.4 Å². The van der Waals surface area contributed by atoms with Crippen LogP contribution in [0.2, 0.25) is 0 Å². The summed E-state index contributed by atoms with van der Waals surface area (Å²) in [5.41, 5.74) is 1.38. The highest BCUT2D eigenvalue weighted by molar-refractivity contribution is 5.38. The van der Waals surface area contributed by atoms with E-state index in [2.05, 4.69) is 44.3 Å². The maximum absolute atomic E-state index is 5.93. The fourth-order valence-corrected chi connectivity index (χ4v) is 2.51. The maximum atomic E-state index is 5.93. The first-order chi connectivity index (χ1) is 9.57. The van der Waals surface area contributed by atoms with Crippen molar-refractivity contribution in [2.24, 2.45) is 0 Å². The fourth-order valence-electron chi connectivity index (χ4n) is 2.51. The van der Waals surface area contributed by atoms with Crippen LogP contribution in [0, 0.1) is 0 Å². The zero-order chi connectivity index (χ0) is 14.4. The molecule has 1 fully saturated rings. The van der Waals surface area contributed by atoms with Gasteiger partial charge in [-0.05, 0) is 29.9 Å². The van der Waals surface area contributed by atoms with Gasteiger partial charge in [-0.2, -0.15) is 0 Å². The Kier molecular flexibility index (Phi) is 5.44. The van der Waals surface area contributed by atoms with E-state index >= 15 is 0 Å². The summed E-state index contributed by atoms with van der Waals surface area (Å²) in [5.74, 6) is 0.999. The highest BCUT2D eigenvalue weighted by Crippen LogP contribution is 2.30. The van der Waals surface area contributed by atoms with Crippen molar-refractivity contribution < 1.29 is 9.47 Å². The van der Waals surface area contributed by atoms with Crippen LogP contribution in [0.5, 0.6) is 5.75 Å². The van der Waals surface area contributed by atoms with Crippen LogP contribution in [0.4, 0.5) is 0 Å². The fraction of sp³-hybridized carbons (Fsp3) is 0.647. The molecule has 1 N–H and O–H groups in total. The second-order valence-electron chi connectivity index (χ2n) is 6.43. The van der Waals surface area contributed by atoms with E-state index in [1.807, 2.05) is 6.07 Å². The number of hydrogen-bond donors (Lipinski definition) is 1. The van der Waals surface area contributed by atoms with Crippen molar-refractivity contribution in [2.75, 3.05) is 26.3 Å². The molecule has 0 aromatic heterocycles. The summed E-state index contributed by atoms with van der Waals surface area (Å²) in [6, 6.07) is 8.31. The van der Waals surface area contributed by atoms with Crippen LogP contribution in [0.1, 0.15) is 39.2 Å². The number of para-hydroxylation sites is 1. The van der Waals surface area contributed by atoms with Crippen LogP contribution in [0.15, 0.2) is 24.3 Å². The average molecular weight is 277 g/mol. The van der Waals surface area contributed by atoms with Gasteiger partial charge >= 0.3 is 0 Å².